The fourth-order valence-corrected chi connectivity index (χ4v) is 5.51. The Morgan fingerprint density at radius 1 is 1.07 bits per heavy atom. The SMILES string of the molecule is C=CC.CC.Cc1cc(Cl)ccc1-c1ccc(NC(=O)Cc2ccc(C3=CCC(C4(C)CC4)CC3)cc2)c(F)c1. The van der Waals surface area contributed by atoms with Crippen molar-refractivity contribution in [2.24, 2.45) is 11.3 Å². The lowest BCUT2D eigenvalue weighted by Crippen LogP contribution is -2.16. The molecule has 0 aliphatic heterocycles. The van der Waals surface area contributed by atoms with Gasteiger partial charge in [-0.3, -0.25) is 4.79 Å². The topological polar surface area (TPSA) is 29.1 Å². The van der Waals surface area contributed by atoms with Gasteiger partial charge in [0.15, 0.2) is 0 Å². The van der Waals surface area contributed by atoms with Gasteiger partial charge in [-0.25, -0.2) is 4.39 Å². The standard InChI is InChI=1S/C31H31ClFNO.C3H6.C2H6/c1-20-17-26(32)12-13-27(20)24-9-14-29(28(33)19-24)34-30(35)18-21-3-5-22(6-4-21)23-7-10-25(11-8-23)31(2)15-16-31;1-3-2;1-2/h3-7,9,12-14,17,19,25H,8,10-11,15-16,18H2,1-2H3,(H,34,35);3H,1H2,2H3;1-2H3. The Balaban J connectivity index is 0.000000827. The Labute approximate surface area is 245 Å². The number of carbonyl (C=O) groups excluding carboxylic acids is 1. The summed E-state index contributed by atoms with van der Waals surface area (Å²) in [5, 5.41) is 3.37. The number of amides is 1. The summed E-state index contributed by atoms with van der Waals surface area (Å²) in [6, 6.07) is 18.6. The van der Waals surface area contributed by atoms with Crippen LogP contribution in [0.3, 0.4) is 0 Å². The summed E-state index contributed by atoms with van der Waals surface area (Å²) >= 11 is 6.03. The Bertz CT molecular complexity index is 1340. The van der Waals surface area contributed by atoms with Crippen molar-refractivity contribution in [1.82, 2.24) is 0 Å². The number of allylic oxidation sites excluding steroid dienone is 3. The quantitative estimate of drug-likeness (QED) is 0.299. The van der Waals surface area contributed by atoms with Gasteiger partial charge in [-0.05, 0) is 115 Å². The second-order valence-electron chi connectivity index (χ2n) is 10.8. The summed E-state index contributed by atoms with van der Waals surface area (Å²) in [7, 11) is 0. The van der Waals surface area contributed by atoms with Crippen molar-refractivity contribution in [3.8, 4) is 11.1 Å². The van der Waals surface area contributed by atoms with Gasteiger partial charge in [0.1, 0.15) is 5.82 Å². The molecule has 3 aromatic rings. The van der Waals surface area contributed by atoms with Crippen molar-refractivity contribution >= 4 is 28.8 Å². The number of rotatable bonds is 6. The van der Waals surface area contributed by atoms with Crippen LogP contribution in [0.1, 0.15) is 76.5 Å². The molecule has 1 unspecified atom stereocenters. The predicted octanol–water partition coefficient (Wildman–Crippen LogP) is 10.8. The molecule has 4 heteroatoms. The maximum absolute atomic E-state index is 14.8. The fourth-order valence-electron chi connectivity index (χ4n) is 5.29. The van der Waals surface area contributed by atoms with Crippen molar-refractivity contribution in [2.45, 2.75) is 73.1 Å². The van der Waals surface area contributed by atoms with Crippen molar-refractivity contribution in [3.63, 3.8) is 0 Å². The third-order valence-electron chi connectivity index (χ3n) is 7.87. The van der Waals surface area contributed by atoms with Crippen molar-refractivity contribution in [2.75, 3.05) is 5.32 Å². The van der Waals surface area contributed by atoms with E-state index >= 15 is 0 Å². The molecule has 0 saturated heterocycles. The summed E-state index contributed by atoms with van der Waals surface area (Å²) in [6.07, 6.45) is 10.7. The second-order valence-corrected chi connectivity index (χ2v) is 11.3. The molecule has 0 aromatic heterocycles. The first-order valence-electron chi connectivity index (χ1n) is 14.4. The van der Waals surface area contributed by atoms with Gasteiger partial charge in [0.05, 0.1) is 12.1 Å². The van der Waals surface area contributed by atoms with E-state index in [1.807, 2.05) is 58.0 Å². The predicted molar refractivity (Wildman–Crippen MR) is 170 cm³/mol. The van der Waals surface area contributed by atoms with Gasteiger partial charge in [-0.15, -0.1) is 6.58 Å². The van der Waals surface area contributed by atoms with Gasteiger partial charge in [0.2, 0.25) is 5.91 Å². The largest absolute Gasteiger partial charge is 0.323 e. The lowest BCUT2D eigenvalue weighted by Gasteiger charge is -2.27. The highest BCUT2D eigenvalue weighted by Crippen LogP contribution is 2.56. The molecule has 1 saturated carbocycles. The number of hydrogen-bond acceptors (Lipinski definition) is 1. The van der Waals surface area contributed by atoms with Crippen LogP contribution in [-0.4, -0.2) is 5.91 Å². The van der Waals surface area contributed by atoms with Crippen molar-refractivity contribution < 1.29 is 9.18 Å². The fraction of sp³-hybridized carbons (Fsp3) is 0.361. The third kappa shape index (κ3) is 8.17. The molecule has 5 rings (SSSR count). The van der Waals surface area contributed by atoms with E-state index in [-0.39, 0.29) is 18.0 Å². The molecule has 212 valence electrons. The molecule has 0 heterocycles. The average Bonchev–Trinajstić information content (AvgIpc) is 3.70. The molecular weight excluding hydrogens is 517 g/mol. The number of benzene rings is 3. The van der Waals surface area contributed by atoms with Gasteiger partial charge in [-0.1, -0.05) is 80.9 Å². The number of nitrogens with one attached hydrogen (secondary N) is 1. The molecule has 40 heavy (non-hydrogen) atoms. The summed E-state index contributed by atoms with van der Waals surface area (Å²) in [4.78, 5) is 12.6. The van der Waals surface area contributed by atoms with Crippen LogP contribution in [0.15, 0.2) is 79.4 Å². The van der Waals surface area contributed by atoms with Gasteiger partial charge >= 0.3 is 0 Å². The Morgan fingerprint density at radius 3 is 2.27 bits per heavy atom. The molecule has 1 fully saturated rings. The van der Waals surface area contributed by atoms with E-state index in [4.69, 9.17) is 11.6 Å². The van der Waals surface area contributed by atoms with Crippen LogP contribution in [0.2, 0.25) is 5.02 Å². The molecule has 2 aliphatic rings. The normalized spacial score (nSPS) is 16.8. The first-order chi connectivity index (χ1) is 19.2. The first-order valence-corrected chi connectivity index (χ1v) is 14.8. The highest BCUT2D eigenvalue weighted by Gasteiger charge is 2.44. The van der Waals surface area contributed by atoms with Gasteiger partial charge < -0.3 is 5.32 Å². The van der Waals surface area contributed by atoms with Crippen LogP contribution in [0.25, 0.3) is 16.7 Å². The smallest absolute Gasteiger partial charge is 0.228 e. The lowest BCUT2D eigenvalue weighted by atomic mass is 9.78. The number of carbonyl (C=O) groups is 1. The molecule has 1 N–H and O–H groups in total. The molecule has 2 aliphatic carbocycles. The van der Waals surface area contributed by atoms with Gasteiger partial charge in [0, 0.05) is 5.02 Å². The van der Waals surface area contributed by atoms with E-state index in [1.165, 1.54) is 42.9 Å². The minimum absolute atomic E-state index is 0.188. The highest BCUT2D eigenvalue weighted by atomic mass is 35.5. The first kappa shape index (κ1) is 31.4. The molecule has 1 amide bonds. The molecule has 0 radical (unpaired) electrons. The highest BCUT2D eigenvalue weighted by molar-refractivity contribution is 6.30. The van der Waals surface area contributed by atoms with Crippen LogP contribution >= 0.6 is 11.6 Å². The molecule has 3 aromatic carbocycles. The molecule has 1 atom stereocenters. The van der Waals surface area contributed by atoms with Crippen molar-refractivity contribution in [3.05, 3.63) is 107 Å². The maximum atomic E-state index is 14.8. The summed E-state index contributed by atoms with van der Waals surface area (Å²) in [5.74, 6) is 0.145. The molecule has 0 bridgehead atoms. The van der Waals surface area contributed by atoms with E-state index in [9.17, 15) is 9.18 Å². The summed E-state index contributed by atoms with van der Waals surface area (Å²) in [6.45, 7) is 13.6. The number of hydrogen-bond donors (Lipinski definition) is 1. The zero-order valence-electron chi connectivity index (χ0n) is 24.6. The van der Waals surface area contributed by atoms with Crippen molar-refractivity contribution in [1.29, 1.82) is 0 Å². The zero-order valence-corrected chi connectivity index (χ0v) is 25.4. The van der Waals surface area contributed by atoms with Crippen LogP contribution in [0, 0.1) is 24.1 Å². The minimum atomic E-state index is -0.455. The number of aryl methyl sites for hydroxylation is 1. The van der Waals surface area contributed by atoms with Crippen LogP contribution in [-0.2, 0) is 11.2 Å². The molecule has 2 nitrogen and oxygen atoms in total. The molecular formula is C36H43ClFNO. The maximum Gasteiger partial charge on any atom is 0.228 e. The number of halogens is 2. The molecule has 0 spiro atoms. The Kier molecular flexibility index (Phi) is 11.3. The lowest BCUT2D eigenvalue weighted by molar-refractivity contribution is -0.115. The van der Waals surface area contributed by atoms with Crippen LogP contribution in [0.4, 0.5) is 10.1 Å². The van der Waals surface area contributed by atoms with E-state index in [1.54, 1.807) is 18.2 Å². The average molecular weight is 560 g/mol. The number of anilines is 1. The third-order valence-corrected chi connectivity index (χ3v) is 8.10. The van der Waals surface area contributed by atoms with E-state index < -0.39 is 5.82 Å². The van der Waals surface area contributed by atoms with Crippen LogP contribution < -0.4 is 5.32 Å². The Hall–Kier alpha value is -3.17. The summed E-state index contributed by atoms with van der Waals surface area (Å²) in [5.41, 5.74) is 6.99. The monoisotopic (exact) mass is 559 g/mol. The van der Waals surface area contributed by atoms with Gasteiger partial charge in [0.25, 0.3) is 0 Å². The zero-order chi connectivity index (χ0) is 29.3. The van der Waals surface area contributed by atoms with E-state index in [2.05, 4.69) is 37.0 Å². The minimum Gasteiger partial charge on any atom is -0.323 e. The Morgan fingerprint density at radius 2 is 1.73 bits per heavy atom. The second kappa shape index (κ2) is 14.5. The summed E-state index contributed by atoms with van der Waals surface area (Å²) < 4.78 is 14.8. The van der Waals surface area contributed by atoms with Crippen LogP contribution in [0.5, 0.6) is 0 Å². The van der Waals surface area contributed by atoms with E-state index in [0.29, 0.717) is 10.4 Å². The van der Waals surface area contributed by atoms with E-state index in [0.717, 1.165) is 34.6 Å². The van der Waals surface area contributed by atoms with Gasteiger partial charge in [-0.2, -0.15) is 0 Å².